The molecule has 1 N–H and O–H groups in total. The Morgan fingerprint density at radius 1 is 1.45 bits per heavy atom. The van der Waals surface area contributed by atoms with Crippen molar-refractivity contribution in [2.75, 3.05) is 24.6 Å². The van der Waals surface area contributed by atoms with E-state index >= 15 is 0 Å². The van der Waals surface area contributed by atoms with E-state index in [2.05, 4.69) is 9.97 Å². The number of aromatic nitrogens is 2. The minimum absolute atomic E-state index is 0.461. The average Bonchev–Trinajstić information content (AvgIpc) is 3.16. The molecule has 0 aromatic carbocycles. The molecule has 1 aliphatic heterocycles. The molecule has 22 heavy (non-hydrogen) atoms. The summed E-state index contributed by atoms with van der Waals surface area (Å²) in [6, 6.07) is 0. The minimum atomic E-state index is -0.753. The second kappa shape index (κ2) is 6.10. The lowest BCUT2D eigenvalue weighted by Crippen LogP contribution is -2.32. The first-order chi connectivity index (χ1) is 10.6. The number of rotatable bonds is 5. The molecular weight excluding hydrogens is 282 g/mol. The van der Waals surface area contributed by atoms with E-state index in [1.54, 1.807) is 19.3 Å². The summed E-state index contributed by atoms with van der Waals surface area (Å²) < 4.78 is 5.77. The Balaban J connectivity index is 1.62. The van der Waals surface area contributed by atoms with Crippen LogP contribution in [0.15, 0.2) is 12.4 Å². The standard InChI is InChI=1S/C16H23N3O3/c1-16(15(20)21)6-7-19(11-16)13-8-17-9-14(18-13)22-10-12-4-2-3-5-12/h8-9,12H,2-7,10-11H2,1H3,(H,20,21). The lowest BCUT2D eigenvalue weighted by molar-refractivity contribution is -0.146. The van der Waals surface area contributed by atoms with Gasteiger partial charge >= 0.3 is 5.97 Å². The second-order valence-electron chi connectivity index (χ2n) is 6.71. The fourth-order valence-electron chi connectivity index (χ4n) is 3.27. The zero-order chi connectivity index (χ0) is 15.6. The first-order valence-corrected chi connectivity index (χ1v) is 8.00. The number of carboxylic acids is 1. The first-order valence-electron chi connectivity index (χ1n) is 8.00. The van der Waals surface area contributed by atoms with Crippen LogP contribution in [0.25, 0.3) is 0 Å². The Kier molecular flexibility index (Phi) is 4.18. The van der Waals surface area contributed by atoms with E-state index in [4.69, 9.17) is 4.74 Å². The van der Waals surface area contributed by atoms with Crippen molar-refractivity contribution in [3.05, 3.63) is 12.4 Å². The van der Waals surface area contributed by atoms with Crippen molar-refractivity contribution in [1.82, 2.24) is 9.97 Å². The van der Waals surface area contributed by atoms with Gasteiger partial charge in [-0.25, -0.2) is 0 Å². The predicted molar refractivity (Wildman–Crippen MR) is 82.1 cm³/mol. The van der Waals surface area contributed by atoms with E-state index in [1.807, 2.05) is 4.90 Å². The van der Waals surface area contributed by atoms with Crippen molar-refractivity contribution in [3.63, 3.8) is 0 Å². The zero-order valence-electron chi connectivity index (χ0n) is 13.0. The maximum absolute atomic E-state index is 11.3. The van der Waals surface area contributed by atoms with E-state index in [0.29, 0.717) is 43.7 Å². The van der Waals surface area contributed by atoms with Gasteiger partial charge in [0.2, 0.25) is 5.88 Å². The fourth-order valence-corrected chi connectivity index (χ4v) is 3.27. The predicted octanol–water partition coefficient (Wildman–Crippen LogP) is 2.35. The second-order valence-corrected chi connectivity index (χ2v) is 6.71. The Morgan fingerprint density at radius 3 is 2.91 bits per heavy atom. The SMILES string of the molecule is CC1(C(=O)O)CCN(c2cncc(OCC3CCCC3)n2)C1. The molecule has 1 aliphatic carbocycles. The van der Waals surface area contributed by atoms with Crippen LogP contribution in [0.3, 0.4) is 0 Å². The molecule has 1 atom stereocenters. The summed E-state index contributed by atoms with van der Waals surface area (Å²) in [4.78, 5) is 22.0. The van der Waals surface area contributed by atoms with Gasteiger partial charge in [0.15, 0.2) is 5.82 Å². The van der Waals surface area contributed by atoms with Gasteiger partial charge in [-0.05, 0) is 32.1 Å². The van der Waals surface area contributed by atoms with Gasteiger partial charge in [-0.1, -0.05) is 12.8 Å². The fraction of sp³-hybridized carbons (Fsp3) is 0.688. The molecule has 3 rings (SSSR count). The molecule has 1 aromatic heterocycles. The zero-order valence-corrected chi connectivity index (χ0v) is 13.0. The number of hydrogen-bond donors (Lipinski definition) is 1. The van der Waals surface area contributed by atoms with Crippen LogP contribution in [-0.2, 0) is 4.79 Å². The highest BCUT2D eigenvalue weighted by Crippen LogP contribution is 2.33. The van der Waals surface area contributed by atoms with Crippen molar-refractivity contribution in [2.45, 2.75) is 39.0 Å². The van der Waals surface area contributed by atoms with Crippen LogP contribution in [-0.4, -0.2) is 40.7 Å². The molecule has 6 nitrogen and oxygen atoms in total. The van der Waals surface area contributed by atoms with Crippen LogP contribution < -0.4 is 9.64 Å². The summed E-state index contributed by atoms with van der Waals surface area (Å²) in [5.74, 6) is 1.12. The van der Waals surface area contributed by atoms with Crippen LogP contribution in [0, 0.1) is 11.3 Å². The molecule has 2 aliphatic rings. The minimum Gasteiger partial charge on any atom is -0.481 e. The lowest BCUT2D eigenvalue weighted by Gasteiger charge is -2.21. The van der Waals surface area contributed by atoms with E-state index in [1.165, 1.54) is 25.7 Å². The number of aliphatic carboxylic acids is 1. The lowest BCUT2D eigenvalue weighted by atomic mass is 9.90. The highest BCUT2D eigenvalue weighted by atomic mass is 16.5. The van der Waals surface area contributed by atoms with Crippen molar-refractivity contribution < 1.29 is 14.6 Å². The quantitative estimate of drug-likeness (QED) is 0.900. The van der Waals surface area contributed by atoms with Gasteiger partial charge in [0, 0.05) is 13.1 Å². The Morgan fingerprint density at radius 2 is 2.23 bits per heavy atom. The molecule has 0 spiro atoms. The maximum atomic E-state index is 11.3. The van der Waals surface area contributed by atoms with Gasteiger partial charge in [-0.2, -0.15) is 4.98 Å². The van der Waals surface area contributed by atoms with Crippen molar-refractivity contribution in [2.24, 2.45) is 11.3 Å². The summed E-state index contributed by atoms with van der Waals surface area (Å²) in [7, 11) is 0. The molecule has 1 unspecified atom stereocenters. The number of carboxylic acid groups (broad SMARTS) is 1. The molecular formula is C16H23N3O3. The number of anilines is 1. The van der Waals surface area contributed by atoms with Crippen molar-refractivity contribution in [3.8, 4) is 5.88 Å². The van der Waals surface area contributed by atoms with Crippen LogP contribution in [0.2, 0.25) is 0 Å². The number of nitrogens with zero attached hydrogens (tertiary/aromatic N) is 3. The summed E-state index contributed by atoms with van der Waals surface area (Å²) in [6.07, 6.45) is 8.98. The monoisotopic (exact) mass is 305 g/mol. The molecule has 0 radical (unpaired) electrons. The van der Waals surface area contributed by atoms with Crippen LogP contribution >= 0.6 is 0 Å². The van der Waals surface area contributed by atoms with E-state index in [-0.39, 0.29) is 0 Å². The smallest absolute Gasteiger partial charge is 0.311 e. The first kappa shape index (κ1) is 15.1. The highest BCUT2D eigenvalue weighted by Gasteiger charge is 2.41. The third-order valence-electron chi connectivity index (χ3n) is 4.86. The molecule has 120 valence electrons. The normalized spacial score (nSPS) is 25.6. The Labute approximate surface area is 130 Å². The molecule has 6 heteroatoms. The van der Waals surface area contributed by atoms with Gasteiger partial charge in [-0.3, -0.25) is 9.78 Å². The molecule has 0 amide bonds. The third-order valence-corrected chi connectivity index (χ3v) is 4.86. The number of carbonyl (C=O) groups is 1. The molecule has 0 bridgehead atoms. The molecule has 2 heterocycles. The molecule has 1 aromatic rings. The summed E-state index contributed by atoms with van der Waals surface area (Å²) in [6.45, 7) is 3.63. The maximum Gasteiger partial charge on any atom is 0.311 e. The van der Waals surface area contributed by atoms with Gasteiger partial charge < -0.3 is 14.7 Å². The Bertz CT molecular complexity index is 545. The van der Waals surface area contributed by atoms with Gasteiger partial charge in [0.05, 0.1) is 24.4 Å². The molecule has 2 fully saturated rings. The average molecular weight is 305 g/mol. The highest BCUT2D eigenvalue weighted by molar-refractivity contribution is 5.76. The largest absolute Gasteiger partial charge is 0.481 e. The summed E-state index contributed by atoms with van der Waals surface area (Å²) in [5.41, 5.74) is -0.706. The molecule has 1 saturated carbocycles. The van der Waals surface area contributed by atoms with Crippen molar-refractivity contribution in [1.29, 1.82) is 0 Å². The summed E-state index contributed by atoms with van der Waals surface area (Å²) in [5, 5.41) is 9.31. The van der Waals surface area contributed by atoms with Crippen LogP contribution in [0.5, 0.6) is 5.88 Å². The molecule has 1 saturated heterocycles. The Hall–Kier alpha value is -1.85. The van der Waals surface area contributed by atoms with Crippen LogP contribution in [0.1, 0.15) is 39.0 Å². The number of ether oxygens (including phenoxy) is 1. The van der Waals surface area contributed by atoms with E-state index < -0.39 is 11.4 Å². The third kappa shape index (κ3) is 3.15. The summed E-state index contributed by atoms with van der Waals surface area (Å²) >= 11 is 0. The van der Waals surface area contributed by atoms with Gasteiger partial charge in [0.1, 0.15) is 0 Å². The van der Waals surface area contributed by atoms with Gasteiger partial charge in [-0.15, -0.1) is 0 Å². The number of hydrogen-bond acceptors (Lipinski definition) is 5. The van der Waals surface area contributed by atoms with E-state index in [0.717, 1.165) is 0 Å². The van der Waals surface area contributed by atoms with Crippen LogP contribution in [0.4, 0.5) is 5.82 Å². The van der Waals surface area contributed by atoms with Crippen molar-refractivity contribution >= 4 is 11.8 Å². The van der Waals surface area contributed by atoms with E-state index in [9.17, 15) is 9.90 Å². The van der Waals surface area contributed by atoms with Gasteiger partial charge in [0.25, 0.3) is 0 Å². The topological polar surface area (TPSA) is 75.5 Å².